The van der Waals surface area contributed by atoms with Gasteiger partial charge in [-0.05, 0) is 64.2 Å². The van der Waals surface area contributed by atoms with Crippen molar-refractivity contribution in [3.05, 3.63) is 24.3 Å². The fourth-order valence-electron chi connectivity index (χ4n) is 7.57. The second kappa shape index (κ2) is 47.0. The number of unbranched alkanes of at least 4 members (excludes halogenated alkanes) is 33. The normalized spacial score (nSPS) is 12.8. The molecule has 0 aromatic carbocycles. The van der Waals surface area contributed by atoms with Crippen LogP contribution < -0.4 is 5.32 Å². The maximum Gasteiger partial charge on any atom is 0.305 e. The van der Waals surface area contributed by atoms with Crippen molar-refractivity contribution < 1.29 is 24.5 Å². The van der Waals surface area contributed by atoms with Gasteiger partial charge in [0.05, 0.1) is 25.4 Å². The predicted molar refractivity (Wildman–Crippen MR) is 246 cm³/mol. The van der Waals surface area contributed by atoms with E-state index in [-0.39, 0.29) is 18.5 Å². The molecule has 2 unspecified atom stereocenters. The van der Waals surface area contributed by atoms with E-state index < -0.39 is 12.1 Å². The summed E-state index contributed by atoms with van der Waals surface area (Å²) in [7, 11) is 0. The topological polar surface area (TPSA) is 95.9 Å². The molecule has 0 aliphatic carbocycles. The van der Waals surface area contributed by atoms with Crippen LogP contribution >= 0.6 is 0 Å². The Labute approximate surface area is 354 Å². The van der Waals surface area contributed by atoms with Gasteiger partial charge in [-0.25, -0.2) is 0 Å². The molecule has 1 amide bonds. The van der Waals surface area contributed by atoms with Crippen molar-refractivity contribution in [2.75, 3.05) is 13.2 Å². The van der Waals surface area contributed by atoms with Crippen molar-refractivity contribution in [3.8, 4) is 0 Å². The minimum absolute atomic E-state index is 0.0211. The summed E-state index contributed by atoms with van der Waals surface area (Å²) < 4.78 is 5.45. The Balaban J connectivity index is 3.50. The van der Waals surface area contributed by atoms with Gasteiger partial charge in [-0.15, -0.1) is 0 Å². The molecule has 57 heavy (non-hydrogen) atoms. The first-order valence-corrected chi connectivity index (χ1v) is 25.1. The molecule has 6 nitrogen and oxygen atoms in total. The summed E-state index contributed by atoms with van der Waals surface area (Å²) in [6.07, 6.45) is 54.6. The van der Waals surface area contributed by atoms with Gasteiger partial charge in [0.15, 0.2) is 0 Å². The molecule has 3 N–H and O–H groups in total. The molecule has 0 radical (unpaired) electrons. The lowest BCUT2D eigenvalue weighted by atomic mass is 10.0. The van der Waals surface area contributed by atoms with Crippen LogP contribution in [0.1, 0.15) is 264 Å². The molecule has 0 heterocycles. The van der Waals surface area contributed by atoms with Gasteiger partial charge in [0.2, 0.25) is 5.91 Å². The van der Waals surface area contributed by atoms with E-state index in [1.807, 2.05) is 6.08 Å². The molecule has 0 saturated carbocycles. The third-order valence-electron chi connectivity index (χ3n) is 11.5. The number of carbonyl (C=O) groups excluding carboxylic acids is 2. The zero-order valence-electron chi connectivity index (χ0n) is 38.1. The van der Waals surface area contributed by atoms with Crippen molar-refractivity contribution in [1.82, 2.24) is 5.32 Å². The van der Waals surface area contributed by atoms with Crippen LogP contribution in [0.4, 0.5) is 0 Å². The van der Waals surface area contributed by atoms with Crippen LogP contribution in [0.25, 0.3) is 0 Å². The van der Waals surface area contributed by atoms with E-state index in [0.29, 0.717) is 19.4 Å². The third-order valence-corrected chi connectivity index (χ3v) is 11.5. The minimum Gasteiger partial charge on any atom is -0.466 e. The molecular formula is C51H97NO5. The van der Waals surface area contributed by atoms with Crippen LogP contribution in [0.2, 0.25) is 0 Å². The maximum absolute atomic E-state index is 12.4. The van der Waals surface area contributed by atoms with E-state index in [0.717, 1.165) is 77.0 Å². The number of esters is 1. The summed E-state index contributed by atoms with van der Waals surface area (Å²) in [4.78, 5) is 24.4. The van der Waals surface area contributed by atoms with Gasteiger partial charge in [0.25, 0.3) is 0 Å². The van der Waals surface area contributed by atoms with Gasteiger partial charge in [-0.3, -0.25) is 9.59 Å². The molecule has 0 rings (SSSR count). The van der Waals surface area contributed by atoms with E-state index in [2.05, 4.69) is 31.3 Å². The molecule has 0 bridgehead atoms. The minimum atomic E-state index is -0.858. The molecule has 2 atom stereocenters. The molecule has 0 aliphatic rings. The fraction of sp³-hybridized carbons (Fsp3) is 0.882. The SMILES string of the molecule is CCCCCCCCCCC/C=C/C(O)C(CO)NC(=O)CCCCCCC/C=C\CCCCCOC(=O)CCCCCCCCCCCCCCCCCCC. The largest absolute Gasteiger partial charge is 0.466 e. The van der Waals surface area contributed by atoms with Gasteiger partial charge in [-0.1, -0.05) is 212 Å². The van der Waals surface area contributed by atoms with E-state index >= 15 is 0 Å². The van der Waals surface area contributed by atoms with Crippen LogP contribution in [0.15, 0.2) is 24.3 Å². The van der Waals surface area contributed by atoms with Gasteiger partial charge in [-0.2, -0.15) is 0 Å². The van der Waals surface area contributed by atoms with Crippen molar-refractivity contribution in [2.45, 2.75) is 276 Å². The number of aliphatic hydroxyl groups is 2. The zero-order chi connectivity index (χ0) is 41.5. The highest BCUT2D eigenvalue weighted by Gasteiger charge is 2.18. The first-order chi connectivity index (χ1) is 28.0. The lowest BCUT2D eigenvalue weighted by Crippen LogP contribution is -2.45. The van der Waals surface area contributed by atoms with Crippen molar-refractivity contribution in [1.29, 1.82) is 0 Å². The highest BCUT2D eigenvalue weighted by molar-refractivity contribution is 5.76. The lowest BCUT2D eigenvalue weighted by Gasteiger charge is -2.20. The Morgan fingerprint density at radius 1 is 0.474 bits per heavy atom. The Hall–Kier alpha value is -1.66. The number of ether oxygens (including phenoxy) is 1. The van der Waals surface area contributed by atoms with Gasteiger partial charge < -0.3 is 20.3 Å². The van der Waals surface area contributed by atoms with Crippen molar-refractivity contribution in [3.63, 3.8) is 0 Å². The first kappa shape index (κ1) is 55.3. The molecular weight excluding hydrogens is 707 g/mol. The highest BCUT2D eigenvalue weighted by atomic mass is 16.5. The first-order valence-electron chi connectivity index (χ1n) is 25.1. The predicted octanol–water partition coefficient (Wildman–Crippen LogP) is 14.7. The summed E-state index contributed by atoms with van der Waals surface area (Å²) in [6, 6.07) is -0.644. The van der Waals surface area contributed by atoms with Gasteiger partial charge >= 0.3 is 5.97 Å². The Morgan fingerprint density at radius 3 is 1.25 bits per heavy atom. The second-order valence-electron chi connectivity index (χ2n) is 17.1. The molecule has 0 aromatic heterocycles. The fourth-order valence-corrected chi connectivity index (χ4v) is 7.57. The summed E-state index contributed by atoms with van der Waals surface area (Å²) in [6.45, 7) is 4.83. The lowest BCUT2D eigenvalue weighted by molar-refractivity contribution is -0.143. The van der Waals surface area contributed by atoms with E-state index in [1.54, 1.807) is 6.08 Å². The van der Waals surface area contributed by atoms with E-state index in [4.69, 9.17) is 4.74 Å². The average molecular weight is 804 g/mol. The van der Waals surface area contributed by atoms with Crippen LogP contribution in [-0.2, 0) is 14.3 Å². The highest BCUT2D eigenvalue weighted by Crippen LogP contribution is 2.16. The maximum atomic E-state index is 12.4. The van der Waals surface area contributed by atoms with Crippen molar-refractivity contribution in [2.24, 2.45) is 0 Å². The Kier molecular flexibility index (Phi) is 45.7. The molecule has 0 aromatic rings. The van der Waals surface area contributed by atoms with Crippen molar-refractivity contribution >= 4 is 11.9 Å². The molecule has 0 fully saturated rings. The molecule has 336 valence electrons. The Bertz CT molecular complexity index is 889. The van der Waals surface area contributed by atoms with Crippen LogP contribution in [0.3, 0.4) is 0 Å². The van der Waals surface area contributed by atoms with Crippen LogP contribution in [0, 0.1) is 0 Å². The van der Waals surface area contributed by atoms with Crippen LogP contribution in [-0.4, -0.2) is 47.4 Å². The number of amides is 1. The van der Waals surface area contributed by atoms with Gasteiger partial charge in [0.1, 0.15) is 0 Å². The number of hydrogen-bond acceptors (Lipinski definition) is 5. The number of aliphatic hydroxyl groups excluding tert-OH is 2. The molecule has 6 heteroatoms. The number of allylic oxidation sites excluding steroid dienone is 3. The van der Waals surface area contributed by atoms with E-state index in [1.165, 1.54) is 161 Å². The summed E-state index contributed by atoms with van der Waals surface area (Å²) >= 11 is 0. The third kappa shape index (κ3) is 43.7. The number of carbonyl (C=O) groups is 2. The smallest absolute Gasteiger partial charge is 0.305 e. The number of hydrogen-bond donors (Lipinski definition) is 3. The molecule has 0 spiro atoms. The zero-order valence-corrected chi connectivity index (χ0v) is 38.1. The monoisotopic (exact) mass is 804 g/mol. The molecule has 0 aliphatic heterocycles. The van der Waals surface area contributed by atoms with E-state index in [9.17, 15) is 19.8 Å². The average Bonchev–Trinajstić information content (AvgIpc) is 3.21. The van der Waals surface area contributed by atoms with Crippen LogP contribution in [0.5, 0.6) is 0 Å². The quantitative estimate of drug-likeness (QED) is 0.0324. The Morgan fingerprint density at radius 2 is 0.825 bits per heavy atom. The van der Waals surface area contributed by atoms with Gasteiger partial charge in [0, 0.05) is 12.8 Å². The number of nitrogens with one attached hydrogen (secondary N) is 1. The summed E-state index contributed by atoms with van der Waals surface area (Å²) in [5, 5.41) is 22.9. The standard InChI is InChI=1S/C51H97NO5/c1-3-5-7-9-11-13-15-16-17-18-19-20-25-29-33-37-41-45-51(56)57-46-42-38-34-30-26-22-21-24-28-32-36-40-44-50(55)52-48(47-53)49(54)43-39-35-31-27-23-14-12-10-8-6-4-2/h22,26,39,43,48-49,53-54H,3-21,23-25,27-38,40-42,44-47H2,1-2H3,(H,52,55)/b26-22-,43-39+. The summed E-state index contributed by atoms with van der Waals surface area (Å²) in [5.74, 6) is -0.116. The molecule has 0 saturated heterocycles. The number of rotatable bonds is 46. The summed E-state index contributed by atoms with van der Waals surface area (Å²) in [5.41, 5.74) is 0. The second-order valence-corrected chi connectivity index (χ2v) is 17.1.